The molecule has 0 fully saturated rings. The molecule has 0 aliphatic carbocycles. The molecule has 2 aromatic carbocycles. The Labute approximate surface area is 96.9 Å². The van der Waals surface area contributed by atoms with Crippen LogP contribution in [0.5, 0.6) is 0 Å². The number of rotatable bonds is 3. The smallest absolute Gasteiger partial charge is 0.307 e. The van der Waals surface area contributed by atoms with Gasteiger partial charge < -0.3 is 5.11 Å². The number of carbonyl (C=O) groups is 1. The SMILES string of the molecule is [N-]=[N+]=Nc1cccc2c(CC(=O)O)cccc12. The zero-order chi connectivity index (χ0) is 12.3. The van der Waals surface area contributed by atoms with E-state index in [1.165, 1.54) is 0 Å². The Bertz CT molecular complexity index is 631. The van der Waals surface area contributed by atoms with Gasteiger partial charge >= 0.3 is 5.97 Å². The lowest BCUT2D eigenvalue weighted by Crippen LogP contribution is -2.00. The molecule has 5 heteroatoms. The summed E-state index contributed by atoms with van der Waals surface area (Å²) in [7, 11) is 0. The first-order valence-electron chi connectivity index (χ1n) is 5.00. The average Bonchev–Trinajstić information content (AvgIpc) is 2.30. The Morgan fingerprint density at radius 1 is 1.24 bits per heavy atom. The zero-order valence-corrected chi connectivity index (χ0v) is 8.87. The third-order valence-electron chi connectivity index (χ3n) is 2.48. The fourth-order valence-corrected chi connectivity index (χ4v) is 1.81. The van der Waals surface area contributed by atoms with E-state index in [4.69, 9.17) is 10.6 Å². The summed E-state index contributed by atoms with van der Waals surface area (Å²) in [4.78, 5) is 13.5. The van der Waals surface area contributed by atoms with E-state index in [2.05, 4.69) is 10.0 Å². The molecule has 0 atom stereocenters. The van der Waals surface area contributed by atoms with Gasteiger partial charge in [-0.2, -0.15) is 0 Å². The Balaban J connectivity index is 2.69. The van der Waals surface area contributed by atoms with Crippen LogP contribution in [0, 0.1) is 0 Å². The number of hydrogen-bond acceptors (Lipinski definition) is 2. The summed E-state index contributed by atoms with van der Waals surface area (Å²) in [6, 6.07) is 10.6. The second-order valence-corrected chi connectivity index (χ2v) is 3.55. The van der Waals surface area contributed by atoms with Gasteiger partial charge in [-0.05, 0) is 21.9 Å². The molecule has 17 heavy (non-hydrogen) atoms. The molecule has 0 amide bonds. The van der Waals surface area contributed by atoms with Crippen LogP contribution in [0.25, 0.3) is 21.2 Å². The molecular formula is C12H9N3O2. The van der Waals surface area contributed by atoms with Crippen molar-refractivity contribution in [3.8, 4) is 0 Å². The highest BCUT2D eigenvalue weighted by Gasteiger charge is 2.06. The molecular weight excluding hydrogens is 218 g/mol. The van der Waals surface area contributed by atoms with Gasteiger partial charge in [0.2, 0.25) is 0 Å². The van der Waals surface area contributed by atoms with E-state index in [1.807, 2.05) is 12.1 Å². The van der Waals surface area contributed by atoms with Crippen LogP contribution in [0.1, 0.15) is 5.56 Å². The summed E-state index contributed by atoms with van der Waals surface area (Å²) in [5.74, 6) is -0.883. The second-order valence-electron chi connectivity index (χ2n) is 3.55. The van der Waals surface area contributed by atoms with Crippen LogP contribution in [0.15, 0.2) is 41.5 Å². The minimum absolute atomic E-state index is 0.0446. The minimum atomic E-state index is -0.883. The fourth-order valence-electron chi connectivity index (χ4n) is 1.81. The lowest BCUT2D eigenvalue weighted by atomic mass is 10.0. The first-order valence-corrected chi connectivity index (χ1v) is 5.00. The Morgan fingerprint density at radius 2 is 1.94 bits per heavy atom. The number of nitrogens with zero attached hydrogens (tertiary/aromatic N) is 3. The van der Waals surface area contributed by atoms with Crippen LogP contribution in [-0.2, 0) is 11.2 Å². The van der Waals surface area contributed by atoms with E-state index >= 15 is 0 Å². The number of carboxylic acid groups (broad SMARTS) is 1. The van der Waals surface area contributed by atoms with E-state index in [1.54, 1.807) is 24.3 Å². The van der Waals surface area contributed by atoms with Crippen molar-refractivity contribution in [2.45, 2.75) is 6.42 Å². The monoisotopic (exact) mass is 227 g/mol. The molecule has 0 saturated heterocycles. The summed E-state index contributed by atoms with van der Waals surface area (Å²) in [5.41, 5.74) is 9.68. The van der Waals surface area contributed by atoms with Gasteiger partial charge in [0.15, 0.2) is 0 Å². The standard InChI is InChI=1S/C12H9N3O2/c13-15-14-11-6-2-4-9-8(7-12(16)17)3-1-5-10(9)11/h1-6H,7H2,(H,16,17). The van der Waals surface area contributed by atoms with Crippen LogP contribution in [-0.4, -0.2) is 11.1 Å². The number of azide groups is 1. The number of benzene rings is 2. The van der Waals surface area contributed by atoms with Crippen molar-refractivity contribution in [3.05, 3.63) is 52.4 Å². The lowest BCUT2D eigenvalue weighted by molar-refractivity contribution is -0.136. The molecule has 2 rings (SSSR count). The first-order chi connectivity index (χ1) is 8.22. The molecule has 0 heterocycles. The highest BCUT2D eigenvalue weighted by molar-refractivity contribution is 5.96. The van der Waals surface area contributed by atoms with Gasteiger partial charge in [-0.25, -0.2) is 0 Å². The van der Waals surface area contributed by atoms with E-state index in [-0.39, 0.29) is 6.42 Å². The molecule has 0 bridgehead atoms. The van der Waals surface area contributed by atoms with Crippen molar-refractivity contribution >= 4 is 22.4 Å². The van der Waals surface area contributed by atoms with Crippen LogP contribution < -0.4 is 0 Å². The third-order valence-corrected chi connectivity index (χ3v) is 2.48. The highest BCUT2D eigenvalue weighted by atomic mass is 16.4. The topological polar surface area (TPSA) is 86.1 Å². The van der Waals surface area contributed by atoms with E-state index in [0.717, 1.165) is 10.8 Å². The minimum Gasteiger partial charge on any atom is -0.481 e. The normalized spacial score (nSPS) is 9.88. The van der Waals surface area contributed by atoms with Gasteiger partial charge in [0.25, 0.3) is 0 Å². The Hall–Kier alpha value is -2.52. The summed E-state index contributed by atoms with van der Waals surface area (Å²) in [6.45, 7) is 0. The summed E-state index contributed by atoms with van der Waals surface area (Å²) in [6.07, 6.45) is -0.0446. The first kappa shape index (κ1) is 11.0. The van der Waals surface area contributed by atoms with Crippen LogP contribution in [0.2, 0.25) is 0 Å². The molecule has 0 aromatic heterocycles. The molecule has 1 N–H and O–H groups in total. The highest BCUT2D eigenvalue weighted by Crippen LogP contribution is 2.28. The quantitative estimate of drug-likeness (QED) is 0.494. The van der Waals surface area contributed by atoms with Gasteiger partial charge in [0, 0.05) is 10.6 Å². The number of carboxylic acids is 1. The summed E-state index contributed by atoms with van der Waals surface area (Å²) < 4.78 is 0. The Kier molecular flexibility index (Phi) is 2.94. The maximum absolute atomic E-state index is 10.7. The average molecular weight is 227 g/mol. The molecule has 0 saturated carbocycles. The molecule has 0 unspecified atom stereocenters. The van der Waals surface area contributed by atoms with Crippen LogP contribution in [0.4, 0.5) is 5.69 Å². The third kappa shape index (κ3) is 2.19. The zero-order valence-electron chi connectivity index (χ0n) is 8.87. The summed E-state index contributed by atoms with van der Waals surface area (Å²) in [5, 5.41) is 14.0. The fraction of sp³-hybridized carbons (Fsp3) is 0.0833. The van der Waals surface area contributed by atoms with Crippen molar-refractivity contribution < 1.29 is 9.90 Å². The van der Waals surface area contributed by atoms with Gasteiger partial charge in [-0.3, -0.25) is 4.79 Å². The Morgan fingerprint density at radius 3 is 2.65 bits per heavy atom. The molecule has 0 spiro atoms. The van der Waals surface area contributed by atoms with Crippen LogP contribution in [0.3, 0.4) is 0 Å². The number of fused-ring (bicyclic) bond motifs is 1. The van der Waals surface area contributed by atoms with Crippen molar-refractivity contribution in [2.24, 2.45) is 5.11 Å². The lowest BCUT2D eigenvalue weighted by Gasteiger charge is -2.05. The molecule has 84 valence electrons. The van der Waals surface area contributed by atoms with E-state index in [0.29, 0.717) is 11.3 Å². The maximum Gasteiger partial charge on any atom is 0.307 e. The molecule has 0 radical (unpaired) electrons. The maximum atomic E-state index is 10.7. The van der Waals surface area contributed by atoms with Gasteiger partial charge in [-0.1, -0.05) is 41.5 Å². The molecule has 0 aliphatic rings. The molecule has 5 nitrogen and oxygen atoms in total. The van der Waals surface area contributed by atoms with Crippen LogP contribution >= 0.6 is 0 Å². The van der Waals surface area contributed by atoms with E-state index < -0.39 is 5.97 Å². The van der Waals surface area contributed by atoms with Crippen molar-refractivity contribution in [1.82, 2.24) is 0 Å². The molecule has 2 aromatic rings. The predicted octanol–water partition coefficient (Wildman–Crippen LogP) is 3.41. The predicted molar refractivity (Wildman–Crippen MR) is 64.1 cm³/mol. The number of aliphatic carboxylic acids is 1. The second kappa shape index (κ2) is 4.55. The largest absolute Gasteiger partial charge is 0.481 e. The van der Waals surface area contributed by atoms with Gasteiger partial charge in [-0.15, -0.1) is 0 Å². The van der Waals surface area contributed by atoms with Crippen molar-refractivity contribution in [3.63, 3.8) is 0 Å². The van der Waals surface area contributed by atoms with Crippen molar-refractivity contribution in [1.29, 1.82) is 0 Å². The summed E-state index contributed by atoms with van der Waals surface area (Å²) >= 11 is 0. The van der Waals surface area contributed by atoms with Gasteiger partial charge in [0.1, 0.15) is 0 Å². The van der Waals surface area contributed by atoms with Crippen molar-refractivity contribution in [2.75, 3.05) is 0 Å². The molecule has 0 aliphatic heterocycles. The van der Waals surface area contributed by atoms with Gasteiger partial charge in [0.05, 0.1) is 6.42 Å². The van der Waals surface area contributed by atoms with E-state index in [9.17, 15) is 4.79 Å². The number of hydrogen-bond donors (Lipinski definition) is 1.